The van der Waals surface area contributed by atoms with Gasteiger partial charge in [-0.05, 0) is 63.3 Å². The van der Waals surface area contributed by atoms with Crippen molar-refractivity contribution in [1.29, 1.82) is 0 Å². The van der Waals surface area contributed by atoms with Gasteiger partial charge in [0.15, 0.2) is 5.13 Å². The van der Waals surface area contributed by atoms with Gasteiger partial charge in [-0.25, -0.2) is 9.37 Å². The number of hydrogen-bond donors (Lipinski definition) is 0. The van der Waals surface area contributed by atoms with E-state index in [9.17, 15) is 9.18 Å². The Labute approximate surface area is 169 Å². The van der Waals surface area contributed by atoms with Gasteiger partial charge in [-0.2, -0.15) is 0 Å². The van der Waals surface area contributed by atoms with E-state index in [2.05, 4.69) is 12.1 Å². The molecule has 0 atom stereocenters. The van der Waals surface area contributed by atoms with Crippen molar-refractivity contribution in [2.75, 3.05) is 32.1 Å². The molecule has 0 aliphatic rings. The highest BCUT2D eigenvalue weighted by molar-refractivity contribution is 7.22. The predicted octanol–water partition coefficient (Wildman–Crippen LogP) is 4.68. The van der Waals surface area contributed by atoms with Crippen LogP contribution in [0.5, 0.6) is 0 Å². The Hall–Kier alpha value is -2.02. The molecule has 27 heavy (non-hydrogen) atoms. The Morgan fingerprint density at radius 2 is 1.89 bits per heavy atom. The number of halogens is 2. The first-order valence-corrected chi connectivity index (χ1v) is 9.27. The normalized spacial score (nSPS) is 10.9. The summed E-state index contributed by atoms with van der Waals surface area (Å²) in [6, 6.07) is 9.97. The molecule has 1 amide bonds. The van der Waals surface area contributed by atoms with Gasteiger partial charge in [0.05, 0.1) is 10.2 Å². The van der Waals surface area contributed by atoms with Crippen LogP contribution in [0.3, 0.4) is 0 Å². The molecule has 0 saturated carbocycles. The van der Waals surface area contributed by atoms with Crippen LogP contribution in [0.1, 0.15) is 21.5 Å². The Kier molecular flexibility index (Phi) is 6.92. The Morgan fingerprint density at radius 3 is 2.56 bits per heavy atom. The number of aromatic nitrogens is 1. The number of fused-ring (bicyclic) bond motifs is 1. The van der Waals surface area contributed by atoms with Gasteiger partial charge in [-0.15, -0.1) is 12.4 Å². The molecule has 0 N–H and O–H groups in total. The second-order valence-corrected chi connectivity index (χ2v) is 7.70. The fourth-order valence-electron chi connectivity index (χ4n) is 2.84. The summed E-state index contributed by atoms with van der Waals surface area (Å²) in [4.78, 5) is 21.4. The highest BCUT2D eigenvalue weighted by Crippen LogP contribution is 2.32. The number of hydrogen-bond acceptors (Lipinski definition) is 4. The lowest BCUT2D eigenvalue weighted by molar-refractivity contribution is 0.0984. The Bertz CT molecular complexity index is 958. The fraction of sp³-hybridized carbons (Fsp3) is 0.300. The molecular formula is C20H23ClFN3OS. The second-order valence-electron chi connectivity index (χ2n) is 6.70. The largest absolute Gasteiger partial charge is 0.308 e. The van der Waals surface area contributed by atoms with Crippen LogP contribution in [-0.2, 0) is 0 Å². The molecule has 1 heterocycles. The van der Waals surface area contributed by atoms with Crippen LogP contribution in [-0.4, -0.2) is 43.0 Å². The number of carbonyl (C=O) groups excluding carboxylic acids is 1. The molecule has 0 spiro atoms. The molecule has 144 valence electrons. The minimum Gasteiger partial charge on any atom is -0.308 e. The Morgan fingerprint density at radius 1 is 1.15 bits per heavy atom. The molecule has 3 aromatic rings. The van der Waals surface area contributed by atoms with Crippen LogP contribution in [0, 0.1) is 19.7 Å². The van der Waals surface area contributed by atoms with Crippen molar-refractivity contribution in [1.82, 2.24) is 9.88 Å². The number of aryl methyl sites for hydroxylation is 2. The number of anilines is 1. The molecule has 2 aromatic carbocycles. The van der Waals surface area contributed by atoms with Crippen molar-refractivity contribution in [3.05, 3.63) is 58.9 Å². The summed E-state index contributed by atoms with van der Waals surface area (Å²) in [6.07, 6.45) is 0. The van der Waals surface area contributed by atoms with Gasteiger partial charge < -0.3 is 4.90 Å². The topological polar surface area (TPSA) is 36.4 Å². The van der Waals surface area contributed by atoms with Crippen LogP contribution in [0.4, 0.5) is 9.52 Å². The van der Waals surface area contributed by atoms with E-state index in [0.29, 0.717) is 23.8 Å². The molecule has 3 rings (SSSR count). The van der Waals surface area contributed by atoms with Crippen molar-refractivity contribution in [2.45, 2.75) is 13.8 Å². The standard InChI is InChI=1S/C20H22FN3OS.ClH/c1-13-10-14(2)18-17(11-13)26-20(22-18)24(9-8-23(3)4)19(25)15-6-5-7-16(21)12-15;/h5-7,10-12H,8-9H2,1-4H3;1H. The maximum atomic E-state index is 13.6. The van der Waals surface area contributed by atoms with Crippen molar-refractivity contribution < 1.29 is 9.18 Å². The highest BCUT2D eigenvalue weighted by Gasteiger charge is 2.22. The number of likely N-dealkylation sites (N-methyl/N-ethyl adjacent to an activating group) is 1. The summed E-state index contributed by atoms with van der Waals surface area (Å²) in [7, 11) is 3.91. The summed E-state index contributed by atoms with van der Waals surface area (Å²) in [5.41, 5.74) is 3.50. The van der Waals surface area contributed by atoms with Crippen molar-refractivity contribution in [3.8, 4) is 0 Å². The summed E-state index contributed by atoms with van der Waals surface area (Å²) in [5, 5.41) is 0.643. The molecule has 0 aliphatic carbocycles. The zero-order chi connectivity index (χ0) is 18.8. The molecule has 0 radical (unpaired) electrons. The zero-order valence-corrected chi connectivity index (χ0v) is 17.5. The first-order chi connectivity index (χ1) is 12.3. The zero-order valence-electron chi connectivity index (χ0n) is 15.8. The van der Waals surface area contributed by atoms with Gasteiger partial charge >= 0.3 is 0 Å². The van der Waals surface area contributed by atoms with Gasteiger partial charge in [0, 0.05) is 18.7 Å². The molecule has 0 unspecified atom stereocenters. The monoisotopic (exact) mass is 407 g/mol. The third kappa shape index (κ3) is 4.83. The summed E-state index contributed by atoms with van der Waals surface area (Å²) in [6.45, 7) is 5.25. The van der Waals surface area contributed by atoms with E-state index in [1.54, 1.807) is 17.0 Å². The minimum atomic E-state index is -0.417. The average molecular weight is 408 g/mol. The van der Waals surface area contributed by atoms with Crippen LogP contribution in [0.15, 0.2) is 36.4 Å². The Balaban J connectivity index is 0.00000261. The lowest BCUT2D eigenvalue weighted by Crippen LogP contribution is -2.36. The number of amides is 1. The summed E-state index contributed by atoms with van der Waals surface area (Å²) in [5.74, 6) is -0.654. The lowest BCUT2D eigenvalue weighted by atomic mass is 10.1. The van der Waals surface area contributed by atoms with E-state index in [-0.39, 0.29) is 18.3 Å². The van der Waals surface area contributed by atoms with E-state index < -0.39 is 5.82 Å². The van der Waals surface area contributed by atoms with Crippen LogP contribution >= 0.6 is 23.7 Å². The summed E-state index contributed by atoms with van der Waals surface area (Å²) < 4.78 is 14.6. The third-order valence-electron chi connectivity index (χ3n) is 4.14. The molecular weight excluding hydrogens is 385 g/mol. The first kappa shape index (κ1) is 21.3. The SMILES string of the molecule is Cc1cc(C)c2nc(N(CCN(C)C)C(=O)c3cccc(F)c3)sc2c1.Cl. The van der Waals surface area contributed by atoms with Crippen molar-refractivity contribution >= 4 is 45.0 Å². The van der Waals surface area contributed by atoms with Gasteiger partial charge in [0.25, 0.3) is 5.91 Å². The van der Waals surface area contributed by atoms with E-state index >= 15 is 0 Å². The number of rotatable bonds is 5. The van der Waals surface area contributed by atoms with Gasteiger partial charge in [0.1, 0.15) is 5.82 Å². The number of nitrogens with zero attached hydrogens (tertiary/aromatic N) is 3. The fourth-order valence-corrected chi connectivity index (χ4v) is 4.00. The third-order valence-corrected chi connectivity index (χ3v) is 5.16. The second kappa shape index (κ2) is 8.78. The quantitative estimate of drug-likeness (QED) is 0.616. The van der Waals surface area contributed by atoms with E-state index in [4.69, 9.17) is 4.98 Å². The molecule has 7 heteroatoms. The molecule has 0 saturated heterocycles. The van der Waals surface area contributed by atoms with Gasteiger partial charge in [-0.3, -0.25) is 9.69 Å². The lowest BCUT2D eigenvalue weighted by Gasteiger charge is -2.22. The van der Waals surface area contributed by atoms with Crippen molar-refractivity contribution in [2.24, 2.45) is 0 Å². The van der Waals surface area contributed by atoms with Crippen LogP contribution in [0.25, 0.3) is 10.2 Å². The number of carbonyl (C=O) groups is 1. The van der Waals surface area contributed by atoms with E-state index in [0.717, 1.165) is 15.8 Å². The molecule has 4 nitrogen and oxygen atoms in total. The maximum Gasteiger partial charge on any atom is 0.260 e. The van der Waals surface area contributed by atoms with Crippen LogP contribution < -0.4 is 4.90 Å². The predicted molar refractivity (Wildman–Crippen MR) is 113 cm³/mol. The number of thiazole rings is 1. The first-order valence-electron chi connectivity index (χ1n) is 8.45. The van der Waals surface area contributed by atoms with Gasteiger partial charge in [0.2, 0.25) is 0 Å². The average Bonchev–Trinajstić information content (AvgIpc) is 2.98. The summed E-state index contributed by atoms with van der Waals surface area (Å²) >= 11 is 1.49. The minimum absolute atomic E-state index is 0. The molecule has 0 aliphatic heterocycles. The van der Waals surface area contributed by atoms with Crippen molar-refractivity contribution in [3.63, 3.8) is 0 Å². The highest BCUT2D eigenvalue weighted by atomic mass is 35.5. The maximum absolute atomic E-state index is 13.6. The van der Waals surface area contributed by atoms with Crippen LogP contribution in [0.2, 0.25) is 0 Å². The molecule has 0 bridgehead atoms. The molecule has 1 aromatic heterocycles. The van der Waals surface area contributed by atoms with E-state index in [1.807, 2.05) is 32.8 Å². The molecule has 0 fully saturated rings. The van der Waals surface area contributed by atoms with Gasteiger partial charge in [-0.1, -0.05) is 23.5 Å². The smallest absolute Gasteiger partial charge is 0.260 e. The number of benzene rings is 2. The van der Waals surface area contributed by atoms with E-state index in [1.165, 1.54) is 29.0 Å².